The number of fused-ring (bicyclic) bond motifs is 1. The van der Waals surface area contributed by atoms with E-state index in [9.17, 15) is 4.79 Å². The van der Waals surface area contributed by atoms with Gasteiger partial charge in [-0.25, -0.2) is 0 Å². The van der Waals surface area contributed by atoms with Gasteiger partial charge in [0, 0.05) is 17.9 Å². The highest BCUT2D eigenvalue weighted by Gasteiger charge is 2.41. The highest BCUT2D eigenvalue weighted by molar-refractivity contribution is 8.01. The minimum Gasteiger partial charge on any atom is -0.398 e. The molecule has 0 spiro atoms. The second-order valence-corrected chi connectivity index (χ2v) is 7.19. The molecule has 1 saturated heterocycles. The molecule has 1 amide bonds. The minimum absolute atomic E-state index is 0.237. The zero-order chi connectivity index (χ0) is 13.5. The van der Waals surface area contributed by atoms with Crippen molar-refractivity contribution in [2.45, 2.75) is 37.4 Å². The van der Waals surface area contributed by atoms with E-state index in [-0.39, 0.29) is 10.7 Å². The van der Waals surface area contributed by atoms with E-state index in [1.165, 1.54) is 0 Å². The fourth-order valence-corrected chi connectivity index (χ4v) is 4.36. The van der Waals surface area contributed by atoms with Gasteiger partial charge in [0.05, 0.1) is 4.75 Å². The van der Waals surface area contributed by atoms with Gasteiger partial charge < -0.3 is 10.6 Å². The van der Waals surface area contributed by atoms with Gasteiger partial charge in [-0.05, 0) is 56.1 Å². The molecule has 0 aliphatic carbocycles. The van der Waals surface area contributed by atoms with Crippen LogP contribution in [-0.4, -0.2) is 23.0 Å². The van der Waals surface area contributed by atoms with Gasteiger partial charge in [-0.1, -0.05) is 6.07 Å². The quantitative estimate of drug-likeness (QED) is 0.802. The molecule has 19 heavy (non-hydrogen) atoms. The summed E-state index contributed by atoms with van der Waals surface area (Å²) in [5.41, 5.74) is 9.05. The molecule has 2 aliphatic rings. The maximum Gasteiger partial charge on any atom is 0.242 e. The van der Waals surface area contributed by atoms with Crippen LogP contribution in [0.4, 0.5) is 11.4 Å². The lowest BCUT2D eigenvalue weighted by molar-refractivity contribution is -0.120. The van der Waals surface area contributed by atoms with Crippen molar-refractivity contribution < 1.29 is 4.79 Å². The molecule has 1 aromatic rings. The van der Waals surface area contributed by atoms with Crippen LogP contribution in [0.2, 0.25) is 0 Å². The molecule has 0 aromatic heterocycles. The first-order chi connectivity index (χ1) is 9.12. The molecule has 4 heteroatoms. The molecule has 1 unspecified atom stereocenters. The first-order valence-electron chi connectivity index (χ1n) is 6.95. The third-order valence-electron chi connectivity index (χ3n) is 4.20. The van der Waals surface area contributed by atoms with Crippen molar-refractivity contribution >= 4 is 29.0 Å². The van der Waals surface area contributed by atoms with Crippen LogP contribution >= 0.6 is 11.8 Å². The summed E-state index contributed by atoms with van der Waals surface area (Å²) in [6.45, 7) is 2.92. The number of nitrogens with two attached hydrogens (primary N) is 1. The van der Waals surface area contributed by atoms with E-state index < -0.39 is 0 Å². The van der Waals surface area contributed by atoms with Crippen LogP contribution in [0.5, 0.6) is 0 Å². The molecule has 3 rings (SSSR count). The van der Waals surface area contributed by atoms with Crippen molar-refractivity contribution in [3.05, 3.63) is 23.8 Å². The lowest BCUT2D eigenvalue weighted by Crippen LogP contribution is -2.46. The number of anilines is 2. The normalized spacial score (nSPS) is 26.3. The lowest BCUT2D eigenvalue weighted by atomic mass is 9.97. The van der Waals surface area contributed by atoms with Crippen molar-refractivity contribution in [3.8, 4) is 0 Å². The predicted molar refractivity (Wildman–Crippen MR) is 81.6 cm³/mol. The molecule has 2 N–H and O–H groups in total. The fraction of sp³-hybridized carbons (Fsp3) is 0.533. The van der Waals surface area contributed by atoms with Crippen LogP contribution in [0.25, 0.3) is 0 Å². The number of nitrogen functional groups attached to an aromatic ring is 1. The minimum atomic E-state index is -0.237. The van der Waals surface area contributed by atoms with Gasteiger partial charge in [0.15, 0.2) is 0 Å². The number of benzene rings is 1. The van der Waals surface area contributed by atoms with Crippen LogP contribution in [-0.2, 0) is 11.2 Å². The van der Waals surface area contributed by atoms with Gasteiger partial charge in [0.1, 0.15) is 0 Å². The Bertz CT molecular complexity index is 509. The number of hydrogen-bond acceptors (Lipinski definition) is 3. The standard InChI is InChI=1S/C15H20N2OS/c1-15(8-4-10-19-15)14(18)17-9-3-5-11-12(16)6-2-7-13(11)17/h2,6-7H,3-5,8-10,16H2,1H3. The number of rotatable bonds is 1. The number of thioether (sulfide) groups is 1. The van der Waals surface area contributed by atoms with Crippen LogP contribution in [0.15, 0.2) is 18.2 Å². The van der Waals surface area contributed by atoms with Crippen molar-refractivity contribution in [2.75, 3.05) is 22.9 Å². The zero-order valence-electron chi connectivity index (χ0n) is 11.3. The average Bonchev–Trinajstić information content (AvgIpc) is 2.86. The third kappa shape index (κ3) is 2.12. The van der Waals surface area contributed by atoms with E-state index in [4.69, 9.17) is 5.73 Å². The highest BCUT2D eigenvalue weighted by atomic mass is 32.2. The van der Waals surface area contributed by atoms with Gasteiger partial charge in [0.25, 0.3) is 0 Å². The molecule has 0 bridgehead atoms. The molecule has 3 nitrogen and oxygen atoms in total. The highest BCUT2D eigenvalue weighted by Crippen LogP contribution is 2.41. The van der Waals surface area contributed by atoms with E-state index in [0.717, 1.165) is 54.9 Å². The summed E-state index contributed by atoms with van der Waals surface area (Å²) in [6.07, 6.45) is 4.12. The van der Waals surface area contributed by atoms with E-state index in [2.05, 4.69) is 6.92 Å². The van der Waals surface area contributed by atoms with Crippen LogP contribution in [0.3, 0.4) is 0 Å². The summed E-state index contributed by atoms with van der Waals surface area (Å²) in [6, 6.07) is 5.91. The molecular formula is C15H20N2OS. The number of amides is 1. The van der Waals surface area contributed by atoms with Crippen molar-refractivity contribution in [1.82, 2.24) is 0 Å². The van der Waals surface area contributed by atoms with E-state index in [1.807, 2.05) is 23.1 Å². The SMILES string of the molecule is CC1(C(=O)N2CCCc3c(N)cccc32)CCCS1. The maximum absolute atomic E-state index is 12.9. The third-order valence-corrected chi connectivity index (χ3v) is 5.71. The second kappa shape index (κ2) is 4.75. The molecule has 0 radical (unpaired) electrons. The van der Waals surface area contributed by atoms with Crippen molar-refractivity contribution in [1.29, 1.82) is 0 Å². The maximum atomic E-state index is 12.9. The smallest absolute Gasteiger partial charge is 0.242 e. The Balaban J connectivity index is 1.95. The zero-order valence-corrected chi connectivity index (χ0v) is 12.1. The molecule has 2 aliphatic heterocycles. The lowest BCUT2D eigenvalue weighted by Gasteiger charge is -2.35. The van der Waals surface area contributed by atoms with E-state index in [0.29, 0.717) is 0 Å². The Kier molecular flexibility index (Phi) is 3.21. The van der Waals surface area contributed by atoms with Gasteiger partial charge in [-0.3, -0.25) is 4.79 Å². The summed E-state index contributed by atoms with van der Waals surface area (Å²) in [5, 5.41) is 0. The largest absolute Gasteiger partial charge is 0.398 e. The number of carbonyl (C=O) groups excluding carboxylic acids is 1. The molecule has 1 atom stereocenters. The van der Waals surface area contributed by atoms with Crippen molar-refractivity contribution in [2.24, 2.45) is 0 Å². The Morgan fingerprint density at radius 3 is 3.00 bits per heavy atom. The monoisotopic (exact) mass is 276 g/mol. The Morgan fingerprint density at radius 2 is 2.26 bits per heavy atom. The average molecular weight is 276 g/mol. The van der Waals surface area contributed by atoms with Gasteiger partial charge >= 0.3 is 0 Å². The molecule has 2 heterocycles. The van der Waals surface area contributed by atoms with Crippen LogP contribution in [0.1, 0.15) is 31.7 Å². The summed E-state index contributed by atoms with van der Waals surface area (Å²) in [7, 11) is 0. The van der Waals surface area contributed by atoms with Gasteiger partial charge in [-0.15, -0.1) is 11.8 Å². The fourth-order valence-electron chi connectivity index (χ4n) is 3.10. The Labute approximate surface area is 118 Å². The van der Waals surface area contributed by atoms with Crippen LogP contribution < -0.4 is 10.6 Å². The first kappa shape index (κ1) is 12.9. The van der Waals surface area contributed by atoms with Gasteiger partial charge in [0.2, 0.25) is 5.91 Å². The van der Waals surface area contributed by atoms with Gasteiger partial charge in [-0.2, -0.15) is 0 Å². The van der Waals surface area contributed by atoms with E-state index in [1.54, 1.807) is 11.8 Å². The van der Waals surface area contributed by atoms with E-state index >= 15 is 0 Å². The van der Waals surface area contributed by atoms with Crippen LogP contribution in [0, 0.1) is 0 Å². The second-order valence-electron chi connectivity index (χ2n) is 5.59. The number of carbonyl (C=O) groups is 1. The molecule has 1 aromatic carbocycles. The molecule has 102 valence electrons. The first-order valence-corrected chi connectivity index (χ1v) is 7.94. The Morgan fingerprint density at radius 1 is 1.42 bits per heavy atom. The summed E-state index contributed by atoms with van der Waals surface area (Å²) in [5.74, 6) is 1.36. The molecular weight excluding hydrogens is 256 g/mol. The number of nitrogens with zero attached hydrogens (tertiary/aromatic N) is 1. The Hall–Kier alpha value is -1.16. The summed E-state index contributed by atoms with van der Waals surface area (Å²) >= 11 is 1.80. The van der Waals surface area contributed by atoms with Crippen molar-refractivity contribution in [3.63, 3.8) is 0 Å². The summed E-state index contributed by atoms with van der Waals surface area (Å²) in [4.78, 5) is 14.8. The topological polar surface area (TPSA) is 46.3 Å². The molecule has 1 fully saturated rings. The molecule has 0 saturated carbocycles. The predicted octanol–water partition coefficient (Wildman–Crippen LogP) is 2.83. The summed E-state index contributed by atoms with van der Waals surface area (Å²) < 4.78 is -0.237. The number of hydrogen-bond donors (Lipinski definition) is 1.